The van der Waals surface area contributed by atoms with E-state index in [1.54, 1.807) is 0 Å². The van der Waals surface area contributed by atoms with Crippen LogP contribution in [0.4, 0.5) is 5.69 Å². The fourth-order valence-corrected chi connectivity index (χ4v) is 3.85. The zero-order chi connectivity index (χ0) is 16.8. The van der Waals surface area contributed by atoms with Crippen molar-refractivity contribution in [1.82, 2.24) is 0 Å². The average Bonchev–Trinajstić information content (AvgIpc) is 2.57. The first-order chi connectivity index (χ1) is 11.7. The molecule has 3 rings (SSSR count). The van der Waals surface area contributed by atoms with Crippen molar-refractivity contribution in [2.24, 2.45) is 0 Å². The number of piperidine rings is 1. The van der Waals surface area contributed by atoms with Crippen LogP contribution in [0.5, 0.6) is 0 Å². The molecule has 1 aliphatic carbocycles. The van der Waals surface area contributed by atoms with Gasteiger partial charge in [0.15, 0.2) is 0 Å². The number of hydrogen-bond donors (Lipinski definition) is 2. The molecule has 0 spiro atoms. The first-order valence-electron chi connectivity index (χ1n) is 9.49. The summed E-state index contributed by atoms with van der Waals surface area (Å²) in [4.78, 5) is 2.13. The molecule has 2 N–H and O–H groups in total. The second-order valence-electron chi connectivity index (χ2n) is 7.43. The lowest BCUT2D eigenvalue weighted by atomic mass is 9.89. The summed E-state index contributed by atoms with van der Waals surface area (Å²) in [6, 6.07) is 10.1. The van der Waals surface area contributed by atoms with Crippen LogP contribution in [0, 0.1) is 0 Å². The van der Waals surface area contributed by atoms with E-state index >= 15 is 0 Å². The number of nitrogens with zero attached hydrogens (tertiary/aromatic N) is 1. The van der Waals surface area contributed by atoms with Crippen molar-refractivity contribution in [1.29, 1.82) is 0 Å². The first kappa shape index (κ1) is 17.7. The maximum Gasteiger partial charge on any atom is 0.117 e. The molecule has 4 heteroatoms. The van der Waals surface area contributed by atoms with Gasteiger partial charge in [-0.3, -0.25) is 0 Å². The molecule has 1 saturated heterocycles. The molecule has 2 atom stereocenters. The second kappa shape index (κ2) is 8.32. The van der Waals surface area contributed by atoms with Gasteiger partial charge in [-0.1, -0.05) is 50.3 Å². The molecule has 24 heavy (non-hydrogen) atoms. The van der Waals surface area contributed by atoms with Crippen LogP contribution >= 0.6 is 0 Å². The highest BCUT2D eigenvalue weighted by Crippen LogP contribution is 2.28. The number of aliphatic hydroxyl groups excluding tert-OH is 1. The van der Waals surface area contributed by atoms with Crippen molar-refractivity contribution in [2.45, 2.75) is 69.2 Å². The van der Waals surface area contributed by atoms with Crippen molar-refractivity contribution in [3.8, 4) is 0 Å². The van der Waals surface area contributed by atoms with Gasteiger partial charge in [-0.05, 0) is 31.4 Å². The smallest absolute Gasteiger partial charge is 0.117 e. The highest BCUT2D eigenvalue weighted by molar-refractivity contribution is 5.46. The van der Waals surface area contributed by atoms with Crippen LogP contribution in [-0.4, -0.2) is 47.7 Å². The largest absolute Gasteiger partial charge is 0.388 e. The minimum absolute atomic E-state index is 0.244. The third kappa shape index (κ3) is 4.50. The van der Waals surface area contributed by atoms with Gasteiger partial charge in [0.25, 0.3) is 0 Å². The third-order valence-electron chi connectivity index (χ3n) is 5.57. The molecule has 0 radical (unpaired) electrons. The third-order valence-corrected chi connectivity index (χ3v) is 5.57. The van der Waals surface area contributed by atoms with Gasteiger partial charge in [0.1, 0.15) is 11.7 Å². The Morgan fingerprint density at radius 2 is 1.71 bits per heavy atom. The van der Waals surface area contributed by atoms with Crippen LogP contribution in [0.3, 0.4) is 0 Å². The number of anilines is 1. The van der Waals surface area contributed by atoms with Crippen molar-refractivity contribution in [3.63, 3.8) is 0 Å². The second-order valence-corrected chi connectivity index (χ2v) is 7.43. The molecule has 1 heterocycles. The highest BCUT2D eigenvalue weighted by Gasteiger charge is 2.41. The number of β-amino-alcohol motifs (C(OH)–C–C–N with tert-alkyl or cyclic N) is 1. The minimum Gasteiger partial charge on any atom is -0.388 e. The fourth-order valence-electron chi connectivity index (χ4n) is 3.85. The minimum atomic E-state index is -1.12. The maximum atomic E-state index is 10.9. The Balaban J connectivity index is 1.52. The molecule has 1 aliphatic heterocycles. The molecule has 4 nitrogen and oxygen atoms in total. The Bertz CT molecular complexity index is 487. The van der Waals surface area contributed by atoms with E-state index in [2.05, 4.69) is 4.90 Å². The molecule has 1 aromatic rings. The van der Waals surface area contributed by atoms with Crippen LogP contribution in [0.1, 0.15) is 51.4 Å². The van der Waals surface area contributed by atoms with Gasteiger partial charge in [0, 0.05) is 18.8 Å². The van der Waals surface area contributed by atoms with E-state index in [9.17, 15) is 10.2 Å². The SMILES string of the molecule is O[C@@H]1CN(c2ccccc2)CCC1(O)COC1CCCCCCC1. The van der Waals surface area contributed by atoms with E-state index < -0.39 is 11.7 Å². The molecular formula is C20H31NO3. The van der Waals surface area contributed by atoms with Crippen molar-refractivity contribution in [2.75, 3.05) is 24.6 Å². The zero-order valence-corrected chi connectivity index (χ0v) is 14.6. The molecule has 1 aromatic carbocycles. The summed E-state index contributed by atoms with van der Waals surface area (Å²) in [5.41, 5.74) is -0.0206. The summed E-state index contributed by atoms with van der Waals surface area (Å²) < 4.78 is 6.04. The number of aliphatic hydroxyl groups is 2. The molecule has 2 aliphatic rings. The van der Waals surface area contributed by atoms with Crippen LogP contribution in [0.2, 0.25) is 0 Å². The quantitative estimate of drug-likeness (QED) is 0.889. The first-order valence-corrected chi connectivity index (χ1v) is 9.49. The Kier molecular flexibility index (Phi) is 6.14. The lowest BCUT2D eigenvalue weighted by molar-refractivity contribution is -0.144. The summed E-state index contributed by atoms with van der Waals surface area (Å²) in [6.45, 7) is 1.45. The molecule has 0 aromatic heterocycles. The van der Waals surface area contributed by atoms with Gasteiger partial charge in [0.2, 0.25) is 0 Å². The summed E-state index contributed by atoms with van der Waals surface area (Å²) in [5.74, 6) is 0. The Labute approximate surface area is 145 Å². The molecule has 2 fully saturated rings. The molecular weight excluding hydrogens is 302 g/mol. The monoisotopic (exact) mass is 333 g/mol. The number of benzene rings is 1. The number of hydrogen-bond acceptors (Lipinski definition) is 4. The summed E-state index contributed by atoms with van der Waals surface area (Å²) in [5, 5.41) is 21.4. The van der Waals surface area contributed by atoms with Gasteiger partial charge in [-0.25, -0.2) is 0 Å². The molecule has 0 bridgehead atoms. The molecule has 134 valence electrons. The lowest BCUT2D eigenvalue weighted by Crippen LogP contribution is -2.58. The number of rotatable bonds is 4. The van der Waals surface area contributed by atoms with Crippen molar-refractivity contribution >= 4 is 5.69 Å². The average molecular weight is 333 g/mol. The van der Waals surface area contributed by atoms with E-state index in [1.165, 1.54) is 32.1 Å². The van der Waals surface area contributed by atoms with E-state index in [1.807, 2.05) is 30.3 Å². The van der Waals surface area contributed by atoms with Gasteiger partial charge in [-0.2, -0.15) is 0 Å². The van der Waals surface area contributed by atoms with Gasteiger partial charge >= 0.3 is 0 Å². The summed E-state index contributed by atoms with van der Waals surface area (Å²) in [7, 11) is 0. The Morgan fingerprint density at radius 1 is 1.04 bits per heavy atom. The van der Waals surface area contributed by atoms with Gasteiger partial charge < -0.3 is 19.8 Å². The number of para-hydroxylation sites is 1. The van der Waals surface area contributed by atoms with E-state index in [-0.39, 0.29) is 12.7 Å². The fraction of sp³-hybridized carbons (Fsp3) is 0.700. The predicted molar refractivity (Wildman–Crippen MR) is 96.3 cm³/mol. The number of ether oxygens (including phenoxy) is 1. The molecule has 1 unspecified atom stereocenters. The van der Waals surface area contributed by atoms with Crippen LogP contribution in [-0.2, 0) is 4.74 Å². The zero-order valence-electron chi connectivity index (χ0n) is 14.6. The lowest BCUT2D eigenvalue weighted by Gasteiger charge is -2.43. The normalized spacial score (nSPS) is 29.9. The van der Waals surface area contributed by atoms with Gasteiger partial charge in [0.05, 0.1) is 12.7 Å². The summed E-state index contributed by atoms with van der Waals surface area (Å²) in [6.07, 6.45) is 8.53. The Morgan fingerprint density at radius 3 is 2.38 bits per heavy atom. The maximum absolute atomic E-state index is 10.9. The van der Waals surface area contributed by atoms with Crippen LogP contribution < -0.4 is 4.90 Å². The van der Waals surface area contributed by atoms with E-state index in [0.717, 1.165) is 25.1 Å². The summed E-state index contributed by atoms with van der Waals surface area (Å²) >= 11 is 0. The van der Waals surface area contributed by atoms with E-state index in [4.69, 9.17) is 4.74 Å². The van der Waals surface area contributed by atoms with Crippen molar-refractivity contribution < 1.29 is 14.9 Å². The van der Waals surface area contributed by atoms with Crippen molar-refractivity contribution in [3.05, 3.63) is 30.3 Å². The Hall–Kier alpha value is -1.10. The van der Waals surface area contributed by atoms with Gasteiger partial charge in [-0.15, -0.1) is 0 Å². The molecule has 0 amide bonds. The van der Waals surface area contributed by atoms with Crippen LogP contribution in [0.25, 0.3) is 0 Å². The highest BCUT2D eigenvalue weighted by atomic mass is 16.5. The topological polar surface area (TPSA) is 52.9 Å². The van der Waals surface area contributed by atoms with E-state index in [0.29, 0.717) is 13.0 Å². The van der Waals surface area contributed by atoms with Crippen LogP contribution in [0.15, 0.2) is 30.3 Å². The molecule has 1 saturated carbocycles. The standard InChI is InChI=1S/C20H31NO3/c22-19-15-21(17-9-5-4-6-10-17)14-13-20(19,23)16-24-18-11-7-2-1-3-8-12-18/h4-6,9-10,18-19,22-23H,1-3,7-8,11-16H2/t19-,20?/m1/s1. The predicted octanol–water partition coefficient (Wildman–Crippen LogP) is 3.12.